The summed E-state index contributed by atoms with van der Waals surface area (Å²) in [6, 6.07) is 1.82. The molecule has 21 heavy (non-hydrogen) atoms. The Labute approximate surface area is 142 Å². The second-order valence-corrected chi connectivity index (χ2v) is 6.73. The number of hydrogen-bond donors (Lipinski definition) is 0. The lowest BCUT2D eigenvalue weighted by Crippen LogP contribution is -2.09. The van der Waals surface area contributed by atoms with Gasteiger partial charge in [-0.05, 0) is 44.8 Å². The van der Waals surface area contributed by atoms with Crippen molar-refractivity contribution in [3.8, 4) is 10.7 Å². The van der Waals surface area contributed by atoms with E-state index in [1.807, 2.05) is 6.07 Å². The molecular formula is C13H10Br2N2O3S. The third-order valence-corrected chi connectivity index (χ3v) is 4.63. The largest absolute Gasteiger partial charge is 0.461 e. The molecule has 0 aliphatic heterocycles. The van der Waals surface area contributed by atoms with E-state index in [1.54, 1.807) is 13.1 Å². The molecule has 0 aliphatic rings. The van der Waals surface area contributed by atoms with Gasteiger partial charge >= 0.3 is 5.97 Å². The zero-order chi connectivity index (χ0) is 15.6. The lowest BCUT2D eigenvalue weighted by molar-refractivity contribution is 0.0517. The van der Waals surface area contributed by atoms with Crippen molar-refractivity contribution >= 4 is 54.9 Å². The van der Waals surface area contributed by atoms with Gasteiger partial charge in [0.25, 0.3) is 0 Å². The smallest absolute Gasteiger partial charge is 0.358 e. The van der Waals surface area contributed by atoms with Crippen LogP contribution in [0, 0.1) is 0 Å². The fourth-order valence-corrected chi connectivity index (χ4v) is 3.84. The first-order valence-corrected chi connectivity index (χ1v) is 8.34. The van der Waals surface area contributed by atoms with Crippen molar-refractivity contribution in [1.82, 2.24) is 9.97 Å². The Hall–Kier alpha value is -1.12. The van der Waals surface area contributed by atoms with Crippen LogP contribution in [0.25, 0.3) is 10.7 Å². The van der Waals surface area contributed by atoms with Gasteiger partial charge in [0.2, 0.25) is 0 Å². The number of nitrogens with zero attached hydrogens (tertiary/aromatic N) is 2. The number of thiazole rings is 1. The van der Waals surface area contributed by atoms with E-state index < -0.39 is 5.97 Å². The molecule has 0 bridgehead atoms. The van der Waals surface area contributed by atoms with Crippen LogP contribution in [0.15, 0.2) is 21.2 Å². The molecule has 2 aromatic heterocycles. The van der Waals surface area contributed by atoms with Crippen LogP contribution in [0.1, 0.15) is 34.0 Å². The van der Waals surface area contributed by atoms with Gasteiger partial charge < -0.3 is 4.74 Å². The predicted octanol–water partition coefficient (Wildman–Crippen LogP) is 4.11. The summed E-state index contributed by atoms with van der Waals surface area (Å²) in [6.07, 6.45) is 1.62. The molecule has 0 radical (unpaired) electrons. The summed E-state index contributed by atoms with van der Waals surface area (Å²) in [6.45, 7) is 3.32. The topological polar surface area (TPSA) is 69.2 Å². The Morgan fingerprint density at radius 2 is 2.10 bits per heavy atom. The van der Waals surface area contributed by atoms with E-state index in [0.717, 1.165) is 20.3 Å². The molecule has 2 aromatic rings. The van der Waals surface area contributed by atoms with E-state index >= 15 is 0 Å². The van der Waals surface area contributed by atoms with E-state index in [0.29, 0.717) is 10.7 Å². The van der Waals surface area contributed by atoms with E-state index in [9.17, 15) is 9.59 Å². The highest BCUT2D eigenvalue weighted by molar-refractivity contribution is 9.11. The van der Waals surface area contributed by atoms with Gasteiger partial charge in [-0.25, -0.2) is 9.78 Å². The van der Waals surface area contributed by atoms with Crippen molar-refractivity contribution < 1.29 is 14.3 Å². The molecule has 0 amide bonds. The normalized spacial score (nSPS) is 10.5. The number of ketones is 1. The monoisotopic (exact) mass is 432 g/mol. The first-order chi connectivity index (χ1) is 9.93. The third kappa shape index (κ3) is 3.56. The lowest BCUT2D eigenvalue weighted by Gasteiger charge is -2.00. The summed E-state index contributed by atoms with van der Waals surface area (Å²) >= 11 is 7.84. The number of Topliss-reactive ketones (excluding diaryl/α,β-unsaturated/α-hetero) is 1. The number of ether oxygens (including phenoxy) is 1. The summed E-state index contributed by atoms with van der Waals surface area (Å²) in [5.41, 5.74) is 0.613. The molecule has 0 aromatic carbocycles. The fraction of sp³-hybridized carbons (Fsp3) is 0.231. The van der Waals surface area contributed by atoms with Gasteiger partial charge in [0, 0.05) is 22.1 Å². The number of rotatable bonds is 4. The maximum atomic E-state index is 11.9. The molecule has 2 heterocycles. The maximum absolute atomic E-state index is 11.9. The number of hydrogen-bond acceptors (Lipinski definition) is 6. The summed E-state index contributed by atoms with van der Waals surface area (Å²) in [7, 11) is 0. The Balaban J connectivity index is 2.53. The lowest BCUT2D eigenvalue weighted by atomic mass is 10.3. The summed E-state index contributed by atoms with van der Waals surface area (Å²) in [5.74, 6) is -0.825. The maximum Gasteiger partial charge on any atom is 0.358 e. The second kappa shape index (κ2) is 6.76. The van der Waals surface area contributed by atoms with Crippen molar-refractivity contribution in [2.75, 3.05) is 6.61 Å². The molecule has 0 unspecified atom stereocenters. The molecular weight excluding hydrogens is 424 g/mol. The first-order valence-electron chi connectivity index (χ1n) is 5.94. The van der Waals surface area contributed by atoms with E-state index in [2.05, 4.69) is 41.8 Å². The molecule has 0 saturated carbocycles. The summed E-state index contributed by atoms with van der Waals surface area (Å²) in [5, 5.41) is 0.489. The zero-order valence-electron chi connectivity index (χ0n) is 11.1. The summed E-state index contributed by atoms with van der Waals surface area (Å²) in [4.78, 5) is 32.3. The van der Waals surface area contributed by atoms with Crippen molar-refractivity contribution in [1.29, 1.82) is 0 Å². The van der Waals surface area contributed by atoms with Gasteiger partial charge in [-0.2, -0.15) is 0 Å². The average molecular weight is 434 g/mol. The van der Waals surface area contributed by atoms with Gasteiger partial charge in [-0.3, -0.25) is 9.78 Å². The minimum absolute atomic E-state index is 0.0426. The molecule has 5 nitrogen and oxygen atoms in total. The predicted molar refractivity (Wildman–Crippen MR) is 86.7 cm³/mol. The fourth-order valence-electron chi connectivity index (χ4n) is 1.57. The minimum atomic E-state index is -0.599. The quantitative estimate of drug-likeness (QED) is 0.536. The number of esters is 1. The van der Waals surface area contributed by atoms with Crippen LogP contribution < -0.4 is 0 Å². The molecule has 0 N–H and O–H groups in total. The Bertz CT molecular complexity index is 715. The molecule has 0 atom stereocenters. The molecule has 0 spiro atoms. The van der Waals surface area contributed by atoms with Crippen LogP contribution in [0.2, 0.25) is 0 Å². The molecule has 0 saturated heterocycles. The van der Waals surface area contributed by atoms with Crippen LogP contribution in [0.5, 0.6) is 0 Å². The number of carbonyl (C=O) groups is 2. The second-order valence-electron chi connectivity index (χ2n) is 3.96. The molecule has 110 valence electrons. The standard InChI is InChI=1S/C13H10Br2N2O3S/c1-3-20-13(19)10-11(6(2)18)21-12(17-10)9-8(15)4-7(14)5-16-9/h4-5H,3H2,1-2H3. The number of halogens is 2. The van der Waals surface area contributed by atoms with E-state index in [4.69, 9.17) is 4.74 Å². The number of aromatic nitrogens is 2. The van der Waals surface area contributed by atoms with Crippen LogP contribution in [0.3, 0.4) is 0 Å². The van der Waals surface area contributed by atoms with Gasteiger partial charge in [0.1, 0.15) is 15.6 Å². The SMILES string of the molecule is CCOC(=O)c1nc(-c2ncc(Br)cc2Br)sc1C(C)=O. The Morgan fingerprint density at radius 1 is 1.38 bits per heavy atom. The highest BCUT2D eigenvalue weighted by atomic mass is 79.9. The molecule has 0 fully saturated rings. The van der Waals surface area contributed by atoms with Gasteiger partial charge in [0.05, 0.1) is 6.61 Å². The van der Waals surface area contributed by atoms with Crippen molar-refractivity contribution in [3.05, 3.63) is 31.8 Å². The average Bonchev–Trinajstić information content (AvgIpc) is 2.84. The number of pyridine rings is 1. The third-order valence-electron chi connectivity index (χ3n) is 2.43. The van der Waals surface area contributed by atoms with Gasteiger partial charge in [-0.15, -0.1) is 11.3 Å². The zero-order valence-corrected chi connectivity index (χ0v) is 15.1. The van der Waals surface area contributed by atoms with Gasteiger partial charge in [0.15, 0.2) is 11.5 Å². The van der Waals surface area contributed by atoms with Crippen molar-refractivity contribution in [3.63, 3.8) is 0 Å². The first kappa shape index (κ1) is 16.3. The van der Waals surface area contributed by atoms with Crippen LogP contribution in [0.4, 0.5) is 0 Å². The van der Waals surface area contributed by atoms with Crippen LogP contribution >= 0.6 is 43.2 Å². The molecule has 8 heteroatoms. The molecule has 2 rings (SSSR count). The van der Waals surface area contributed by atoms with E-state index in [1.165, 1.54) is 6.92 Å². The number of carbonyl (C=O) groups excluding carboxylic acids is 2. The Kier molecular flexibility index (Phi) is 5.23. The highest BCUT2D eigenvalue weighted by Crippen LogP contribution is 2.33. The Morgan fingerprint density at radius 3 is 2.67 bits per heavy atom. The van der Waals surface area contributed by atoms with Crippen LogP contribution in [-0.2, 0) is 4.74 Å². The van der Waals surface area contributed by atoms with Crippen molar-refractivity contribution in [2.45, 2.75) is 13.8 Å². The van der Waals surface area contributed by atoms with Crippen LogP contribution in [-0.4, -0.2) is 28.3 Å². The van der Waals surface area contributed by atoms with Gasteiger partial charge in [-0.1, -0.05) is 0 Å². The minimum Gasteiger partial charge on any atom is -0.461 e. The highest BCUT2D eigenvalue weighted by Gasteiger charge is 2.24. The molecule has 0 aliphatic carbocycles. The van der Waals surface area contributed by atoms with Crippen molar-refractivity contribution in [2.24, 2.45) is 0 Å². The summed E-state index contributed by atoms with van der Waals surface area (Å²) < 4.78 is 6.46. The van der Waals surface area contributed by atoms with E-state index in [-0.39, 0.29) is 23.0 Å².